The average molecular weight is 613 g/mol. The molecule has 0 unspecified atom stereocenters. The molecular weight excluding hydrogens is 568 g/mol. The smallest absolute Gasteiger partial charge is 0.332 e. The lowest BCUT2D eigenvalue weighted by Crippen LogP contribution is -2.37. The normalized spacial score (nSPS) is 13.9. The van der Waals surface area contributed by atoms with Crippen molar-refractivity contribution in [3.05, 3.63) is 59.2 Å². The summed E-state index contributed by atoms with van der Waals surface area (Å²) in [4.78, 5) is 49.3. The number of primary amides is 1. The summed E-state index contributed by atoms with van der Waals surface area (Å²) in [6.07, 6.45) is 5.94. The first-order valence-electron chi connectivity index (χ1n) is 15.1. The zero-order valence-corrected chi connectivity index (χ0v) is 25.3. The molecule has 0 radical (unpaired) electrons. The van der Waals surface area contributed by atoms with Gasteiger partial charge in [-0.25, -0.2) is 9.69 Å². The second kappa shape index (κ2) is 18.0. The second-order valence-corrected chi connectivity index (χ2v) is 10.9. The molecule has 44 heavy (non-hydrogen) atoms. The van der Waals surface area contributed by atoms with Crippen molar-refractivity contribution < 1.29 is 38.9 Å². The highest BCUT2D eigenvalue weighted by Gasteiger charge is 2.37. The Morgan fingerprint density at radius 2 is 1.77 bits per heavy atom. The molecule has 2 aromatic rings. The molecule has 0 spiro atoms. The molecule has 0 bridgehead atoms. The Morgan fingerprint density at radius 1 is 1.02 bits per heavy atom. The third-order valence-corrected chi connectivity index (χ3v) is 7.21. The molecule has 5 N–H and O–H groups in total. The molecule has 3 rings (SSSR count). The van der Waals surface area contributed by atoms with E-state index < -0.39 is 24.0 Å². The van der Waals surface area contributed by atoms with Gasteiger partial charge in [0, 0.05) is 32.2 Å². The summed E-state index contributed by atoms with van der Waals surface area (Å²) >= 11 is 0. The van der Waals surface area contributed by atoms with Crippen LogP contribution in [0.5, 0.6) is 5.75 Å². The van der Waals surface area contributed by atoms with Crippen LogP contribution in [0.1, 0.15) is 68.2 Å². The minimum absolute atomic E-state index is 0.0232. The van der Waals surface area contributed by atoms with E-state index in [2.05, 4.69) is 5.32 Å². The van der Waals surface area contributed by atoms with E-state index in [1.165, 1.54) is 13.0 Å². The number of aromatic hydroxyl groups is 1. The molecule has 12 heteroatoms. The van der Waals surface area contributed by atoms with Gasteiger partial charge in [0.05, 0.1) is 11.8 Å². The lowest BCUT2D eigenvalue weighted by molar-refractivity contribution is -0.142. The van der Waals surface area contributed by atoms with Gasteiger partial charge in [-0.3, -0.25) is 14.4 Å². The summed E-state index contributed by atoms with van der Waals surface area (Å²) in [5.41, 5.74) is 7.79. The number of benzene rings is 2. The van der Waals surface area contributed by atoms with Gasteiger partial charge < -0.3 is 35.6 Å². The number of hydrogen-bond acceptors (Lipinski definition) is 9. The van der Waals surface area contributed by atoms with Gasteiger partial charge in [0.25, 0.3) is 5.91 Å². The number of imide groups is 1. The third-order valence-electron chi connectivity index (χ3n) is 7.21. The Kier molecular flexibility index (Phi) is 14.1. The molecule has 2 aromatic carbocycles. The number of carbonyl (C=O) groups excluding carboxylic acids is 4. The fraction of sp³-hybridized carbons (Fsp3) is 0.500. The topological polar surface area (TPSA) is 172 Å². The van der Waals surface area contributed by atoms with Crippen LogP contribution < -0.4 is 16.0 Å². The molecule has 1 saturated heterocycles. The molecule has 0 saturated carbocycles. The van der Waals surface area contributed by atoms with Crippen molar-refractivity contribution in [2.24, 2.45) is 5.73 Å². The average Bonchev–Trinajstić information content (AvgIpc) is 3.26. The molecule has 0 aliphatic carbocycles. The van der Waals surface area contributed by atoms with Gasteiger partial charge in [-0.2, -0.15) is 0 Å². The summed E-state index contributed by atoms with van der Waals surface area (Å²) < 4.78 is 10.7. The van der Waals surface area contributed by atoms with Crippen molar-refractivity contribution >= 4 is 29.5 Å². The van der Waals surface area contributed by atoms with Crippen LogP contribution in [0.15, 0.2) is 42.5 Å². The Hall–Kier alpha value is -4.00. The number of phenolic OH excluding ortho intramolecular Hbond substituents is 1. The molecule has 1 aliphatic rings. The van der Waals surface area contributed by atoms with Crippen molar-refractivity contribution in [2.75, 3.05) is 44.3 Å². The van der Waals surface area contributed by atoms with Gasteiger partial charge in [0.1, 0.15) is 25.4 Å². The molecule has 0 aromatic heterocycles. The summed E-state index contributed by atoms with van der Waals surface area (Å²) in [5.74, 6) is -1.45. The van der Waals surface area contributed by atoms with E-state index in [0.717, 1.165) is 66.9 Å². The zero-order chi connectivity index (χ0) is 31.9. The van der Waals surface area contributed by atoms with Crippen LogP contribution >= 0.6 is 0 Å². The Bertz CT molecular complexity index is 1270. The maximum atomic E-state index is 12.5. The number of aliphatic hydroxyl groups excluding tert-OH is 1. The van der Waals surface area contributed by atoms with Crippen molar-refractivity contribution in [1.29, 1.82) is 0 Å². The van der Waals surface area contributed by atoms with E-state index >= 15 is 0 Å². The van der Waals surface area contributed by atoms with Crippen molar-refractivity contribution in [2.45, 2.75) is 64.6 Å². The van der Waals surface area contributed by atoms with Gasteiger partial charge in [-0.15, -0.1) is 0 Å². The SMILES string of the molecule is CC(=O)OCc1cc([C@@H](O)CNCCCCCCOCCCCc2cccc(N3C(=O)CN(CC(N)=O)C3=O)c2)ccc1O. The number of unbranched alkanes of at least 4 members (excludes halogenated alkanes) is 4. The molecule has 4 amide bonds. The second-order valence-electron chi connectivity index (χ2n) is 10.9. The van der Waals surface area contributed by atoms with Gasteiger partial charge in [0.2, 0.25) is 5.91 Å². The van der Waals surface area contributed by atoms with Crippen LogP contribution in [0.3, 0.4) is 0 Å². The van der Waals surface area contributed by atoms with Crippen LogP contribution in [0.4, 0.5) is 10.5 Å². The molecule has 1 fully saturated rings. The molecular formula is C32H44N4O8. The predicted octanol–water partition coefficient (Wildman–Crippen LogP) is 2.93. The summed E-state index contributed by atoms with van der Waals surface area (Å²) in [7, 11) is 0. The van der Waals surface area contributed by atoms with Crippen LogP contribution in [-0.4, -0.2) is 78.3 Å². The number of phenols is 1. The molecule has 1 heterocycles. The van der Waals surface area contributed by atoms with Gasteiger partial charge >= 0.3 is 12.0 Å². The van der Waals surface area contributed by atoms with Crippen LogP contribution in [0.25, 0.3) is 0 Å². The number of nitrogens with zero attached hydrogens (tertiary/aromatic N) is 2. The number of carbonyl (C=O) groups is 4. The maximum Gasteiger partial charge on any atom is 0.332 e. The summed E-state index contributed by atoms with van der Waals surface area (Å²) in [5, 5.41) is 23.6. The number of hydrogen-bond donors (Lipinski definition) is 4. The number of urea groups is 1. The summed E-state index contributed by atoms with van der Waals surface area (Å²) in [6, 6.07) is 11.6. The van der Waals surface area contributed by atoms with Crippen molar-refractivity contribution in [3.63, 3.8) is 0 Å². The number of amides is 4. The van der Waals surface area contributed by atoms with Crippen LogP contribution in [0, 0.1) is 0 Å². The first-order chi connectivity index (χ1) is 21.2. The van der Waals surface area contributed by atoms with E-state index in [1.54, 1.807) is 18.2 Å². The van der Waals surface area contributed by atoms with Crippen molar-refractivity contribution in [1.82, 2.24) is 10.2 Å². The lowest BCUT2D eigenvalue weighted by Gasteiger charge is -2.16. The van der Waals surface area contributed by atoms with E-state index in [0.29, 0.717) is 36.6 Å². The molecule has 1 aliphatic heterocycles. The van der Waals surface area contributed by atoms with Crippen molar-refractivity contribution in [3.8, 4) is 5.75 Å². The largest absolute Gasteiger partial charge is 0.508 e. The predicted molar refractivity (Wildman–Crippen MR) is 164 cm³/mol. The zero-order valence-electron chi connectivity index (χ0n) is 25.3. The van der Waals surface area contributed by atoms with Gasteiger partial charge in [-0.05, 0) is 74.0 Å². The number of nitrogens with one attached hydrogen (secondary N) is 1. The highest BCUT2D eigenvalue weighted by atomic mass is 16.5. The quantitative estimate of drug-likeness (QED) is 0.0997. The maximum absolute atomic E-state index is 12.5. The Balaban J connectivity index is 1.20. The van der Waals surface area contributed by atoms with Gasteiger partial charge in [0.15, 0.2) is 0 Å². The Labute approximate surface area is 258 Å². The molecule has 240 valence electrons. The number of ether oxygens (including phenoxy) is 2. The first-order valence-corrected chi connectivity index (χ1v) is 15.1. The van der Waals surface area contributed by atoms with Crippen LogP contribution in [0.2, 0.25) is 0 Å². The van der Waals surface area contributed by atoms with E-state index in [-0.39, 0.29) is 31.4 Å². The standard InChI is InChI=1S/C32H44N4O8/c1-23(37)44-22-26-18-25(12-13-28(26)38)29(39)19-34-14-5-2-3-6-15-43-16-7-4-9-24-10-8-11-27(17-24)36-31(41)21-35(32(36)42)20-30(33)40/h8,10-13,17-18,29,34,38-39H,2-7,9,14-16,19-22H2,1H3,(H2,33,40)/t29-/m0/s1. The minimum atomic E-state index is -0.733. The lowest BCUT2D eigenvalue weighted by atomic mass is 10.1. The number of aliphatic hydroxyl groups is 1. The minimum Gasteiger partial charge on any atom is -0.508 e. The molecule has 12 nitrogen and oxygen atoms in total. The highest BCUT2D eigenvalue weighted by Crippen LogP contribution is 2.24. The number of rotatable bonds is 20. The fourth-order valence-corrected chi connectivity index (χ4v) is 4.87. The summed E-state index contributed by atoms with van der Waals surface area (Å²) in [6.45, 7) is 3.37. The number of aryl methyl sites for hydroxylation is 1. The number of nitrogens with two attached hydrogens (primary N) is 1. The van der Waals surface area contributed by atoms with E-state index in [9.17, 15) is 29.4 Å². The number of esters is 1. The van der Waals surface area contributed by atoms with E-state index in [4.69, 9.17) is 15.2 Å². The monoisotopic (exact) mass is 612 g/mol. The van der Waals surface area contributed by atoms with Crippen LogP contribution in [-0.2, 0) is 36.9 Å². The Morgan fingerprint density at radius 3 is 2.52 bits per heavy atom. The fourth-order valence-electron chi connectivity index (χ4n) is 4.87. The van der Waals surface area contributed by atoms with E-state index in [1.807, 2.05) is 18.2 Å². The first kappa shape index (κ1) is 34.5. The molecule has 1 atom stereocenters. The third kappa shape index (κ3) is 11.3. The number of anilines is 1. The van der Waals surface area contributed by atoms with Gasteiger partial charge in [-0.1, -0.05) is 31.0 Å². The highest BCUT2D eigenvalue weighted by molar-refractivity contribution is 6.20.